The standard InChI is InChI=1S/C9H9N3O8/c1-3-20-9-6(11(15)16)4-5(10(13)14)8(19-2)7(9)12(17)18/h4H,3H2,1-2H3. The number of hydrogen-bond acceptors (Lipinski definition) is 8. The quantitative estimate of drug-likeness (QED) is 0.568. The third kappa shape index (κ3) is 2.55. The maximum atomic E-state index is 11.0. The third-order valence-electron chi connectivity index (χ3n) is 2.24. The third-order valence-corrected chi connectivity index (χ3v) is 2.24. The van der Waals surface area contributed by atoms with Crippen molar-refractivity contribution in [2.45, 2.75) is 6.92 Å². The molecule has 11 nitrogen and oxygen atoms in total. The Balaban J connectivity index is 3.84. The van der Waals surface area contributed by atoms with Crippen molar-refractivity contribution in [3.63, 3.8) is 0 Å². The minimum Gasteiger partial charge on any atom is -0.485 e. The Kier molecular flexibility index (Phi) is 4.35. The van der Waals surface area contributed by atoms with Crippen molar-refractivity contribution >= 4 is 17.1 Å². The second-order valence-electron chi connectivity index (χ2n) is 3.33. The Morgan fingerprint density at radius 1 is 1.00 bits per heavy atom. The Morgan fingerprint density at radius 3 is 1.85 bits per heavy atom. The normalized spacial score (nSPS) is 9.90. The van der Waals surface area contributed by atoms with Crippen molar-refractivity contribution in [2.24, 2.45) is 0 Å². The van der Waals surface area contributed by atoms with E-state index in [-0.39, 0.29) is 6.61 Å². The molecule has 0 radical (unpaired) electrons. The predicted molar refractivity (Wildman–Crippen MR) is 64.1 cm³/mol. The van der Waals surface area contributed by atoms with Gasteiger partial charge in [-0.05, 0) is 6.92 Å². The number of nitro benzene ring substituents is 3. The molecule has 0 N–H and O–H groups in total. The summed E-state index contributed by atoms with van der Waals surface area (Å²) in [5.41, 5.74) is -2.70. The lowest BCUT2D eigenvalue weighted by atomic mass is 10.2. The van der Waals surface area contributed by atoms with Gasteiger partial charge in [-0.1, -0.05) is 0 Å². The first-order valence-corrected chi connectivity index (χ1v) is 5.16. The first-order chi connectivity index (χ1) is 9.34. The second kappa shape index (κ2) is 5.77. The van der Waals surface area contributed by atoms with E-state index >= 15 is 0 Å². The minimum absolute atomic E-state index is 0.0946. The number of methoxy groups -OCH3 is 1. The molecular formula is C9H9N3O8. The lowest BCUT2D eigenvalue weighted by Crippen LogP contribution is -2.06. The molecule has 0 saturated heterocycles. The molecule has 20 heavy (non-hydrogen) atoms. The van der Waals surface area contributed by atoms with Gasteiger partial charge in [0, 0.05) is 0 Å². The molecule has 0 amide bonds. The van der Waals surface area contributed by atoms with Crippen LogP contribution in [0.2, 0.25) is 0 Å². The monoisotopic (exact) mass is 287 g/mol. The summed E-state index contributed by atoms with van der Waals surface area (Å²) >= 11 is 0. The number of nitro groups is 3. The zero-order valence-corrected chi connectivity index (χ0v) is 10.4. The fraction of sp³-hybridized carbons (Fsp3) is 0.333. The molecule has 108 valence electrons. The van der Waals surface area contributed by atoms with Crippen molar-refractivity contribution < 1.29 is 24.2 Å². The largest absolute Gasteiger partial charge is 0.485 e. The highest BCUT2D eigenvalue weighted by Gasteiger charge is 2.39. The van der Waals surface area contributed by atoms with E-state index in [2.05, 4.69) is 4.74 Å². The second-order valence-corrected chi connectivity index (χ2v) is 3.33. The van der Waals surface area contributed by atoms with Gasteiger partial charge in [-0.15, -0.1) is 0 Å². The van der Waals surface area contributed by atoms with E-state index in [1.807, 2.05) is 0 Å². The van der Waals surface area contributed by atoms with Crippen molar-refractivity contribution in [1.82, 2.24) is 0 Å². The van der Waals surface area contributed by atoms with Crippen LogP contribution in [0, 0.1) is 30.3 Å². The van der Waals surface area contributed by atoms with Gasteiger partial charge in [-0.3, -0.25) is 30.3 Å². The first-order valence-electron chi connectivity index (χ1n) is 5.16. The summed E-state index contributed by atoms with van der Waals surface area (Å²) in [6, 6.07) is 0.566. The molecule has 1 aromatic carbocycles. The molecule has 0 saturated carbocycles. The van der Waals surface area contributed by atoms with Gasteiger partial charge in [0.1, 0.15) is 6.07 Å². The average Bonchev–Trinajstić information content (AvgIpc) is 2.36. The van der Waals surface area contributed by atoms with Gasteiger partial charge < -0.3 is 9.47 Å². The molecule has 0 fully saturated rings. The molecule has 0 unspecified atom stereocenters. The summed E-state index contributed by atoms with van der Waals surface area (Å²) in [4.78, 5) is 29.7. The van der Waals surface area contributed by atoms with Crippen LogP contribution in [0.3, 0.4) is 0 Å². The van der Waals surface area contributed by atoms with Gasteiger partial charge in [-0.2, -0.15) is 0 Å². The van der Waals surface area contributed by atoms with E-state index in [1.165, 1.54) is 6.92 Å². The summed E-state index contributed by atoms with van der Waals surface area (Å²) in [7, 11) is 0.983. The van der Waals surface area contributed by atoms with Crippen molar-refractivity contribution in [3.05, 3.63) is 36.4 Å². The van der Waals surface area contributed by atoms with E-state index in [4.69, 9.17) is 4.74 Å². The van der Waals surface area contributed by atoms with E-state index in [1.54, 1.807) is 0 Å². The fourth-order valence-corrected chi connectivity index (χ4v) is 1.53. The van der Waals surface area contributed by atoms with E-state index in [0.717, 1.165) is 7.11 Å². The maximum Gasteiger partial charge on any atom is 0.367 e. The van der Waals surface area contributed by atoms with Gasteiger partial charge in [0.2, 0.25) is 0 Å². The van der Waals surface area contributed by atoms with Crippen molar-refractivity contribution in [2.75, 3.05) is 13.7 Å². The highest BCUT2D eigenvalue weighted by atomic mass is 16.6. The van der Waals surface area contributed by atoms with Crippen LogP contribution in [-0.4, -0.2) is 28.5 Å². The molecule has 11 heteroatoms. The number of rotatable bonds is 6. The minimum atomic E-state index is -1.02. The molecule has 0 aliphatic carbocycles. The number of ether oxygens (including phenoxy) is 2. The summed E-state index contributed by atoms with van der Waals surface area (Å²) < 4.78 is 9.52. The molecule has 0 heterocycles. The highest BCUT2D eigenvalue weighted by molar-refractivity contribution is 5.74. The van der Waals surface area contributed by atoms with Crippen LogP contribution in [0.1, 0.15) is 6.92 Å². The molecule has 0 bridgehead atoms. The van der Waals surface area contributed by atoms with Crippen LogP contribution in [0.25, 0.3) is 0 Å². The molecule has 1 rings (SSSR count). The smallest absolute Gasteiger partial charge is 0.367 e. The van der Waals surface area contributed by atoms with Crippen LogP contribution >= 0.6 is 0 Å². The zero-order chi connectivity index (χ0) is 15.4. The molecule has 1 aromatic rings. The maximum absolute atomic E-state index is 11.0. The van der Waals surface area contributed by atoms with Gasteiger partial charge in [0.05, 0.1) is 28.5 Å². The molecule has 0 aliphatic heterocycles. The SMILES string of the molecule is CCOc1c([N+](=O)[O-])cc([N+](=O)[O-])c(OC)c1[N+](=O)[O-]. The van der Waals surface area contributed by atoms with Gasteiger partial charge in [0.15, 0.2) is 0 Å². The van der Waals surface area contributed by atoms with E-state index in [9.17, 15) is 30.3 Å². The highest BCUT2D eigenvalue weighted by Crippen LogP contribution is 2.49. The van der Waals surface area contributed by atoms with Crippen LogP contribution in [0.4, 0.5) is 17.1 Å². The lowest BCUT2D eigenvalue weighted by molar-refractivity contribution is -0.405. The Hall–Kier alpha value is -2.98. The zero-order valence-electron chi connectivity index (χ0n) is 10.4. The molecule has 0 aromatic heterocycles. The average molecular weight is 287 g/mol. The first kappa shape index (κ1) is 15.1. The van der Waals surface area contributed by atoms with Crippen LogP contribution in [0.5, 0.6) is 11.5 Å². The van der Waals surface area contributed by atoms with Crippen LogP contribution in [0.15, 0.2) is 6.07 Å². The van der Waals surface area contributed by atoms with Crippen LogP contribution < -0.4 is 9.47 Å². The lowest BCUT2D eigenvalue weighted by Gasteiger charge is -2.08. The Bertz CT molecular complexity index is 585. The summed E-state index contributed by atoms with van der Waals surface area (Å²) in [6.07, 6.45) is 0. The topological polar surface area (TPSA) is 148 Å². The summed E-state index contributed by atoms with van der Waals surface area (Å²) in [6.45, 7) is 1.37. The van der Waals surface area contributed by atoms with E-state index < -0.39 is 43.3 Å². The molecular weight excluding hydrogens is 278 g/mol. The van der Waals surface area contributed by atoms with Crippen LogP contribution in [-0.2, 0) is 0 Å². The molecule has 0 spiro atoms. The van der Waals surface area contributed by atoms with Crippen molar-refractivity contribution in [1.29, 1.82) is 0 Å². The van der Waals surface area contributed by atoms with Gasteiger partial charge >= 0.3 is 17.1 Å². The number of hydrogen-bond donors (Lipinski definition) is 0. The Morgan fingerprint density at radius 2 is 1.50 bits per heavy atom. The fourth-order valence-electron chi connectivity index (χ4n) is 1.53. The predicted octanol–water partition coefficient (Wildman–Crippen LogP) is 1.82. The van der Waals surface area contributed by atoms with E-state index in [0.29, 0.717) is 6.07 Å². The Labute approximate surface area is 111 Å². The summed E-state index contributed by atoms with van der Waals surface area (Å²) in [5, 5.41) is 32.8. The summed E-state index contributed by atoms with van der Waals surface area (Å²) in [5.74, 6) is -1.38. The number of benzene rings is 1. The van der Waals surface area contributed by atoms with Crippen molar-refractivity contribution in [3.8, 4) is 11.5 Å². The van der Waals surface area contributed by atoms with Gasteiger partial charge in [0.25, 0.3) is 11.5 Å². The molecule has 0 atom stereocenters. The molecule has 0 aliphatic rings. The number of nitrogens with zero attached hydrogens (tertiary/aromatic N) is 3. The van der Waals surface area contributed by atoms with Gasteiger partial charge in [-0.25, -0.2) is 0 Å².